The summed E-state index contributed by atoms with van der Waals surface area (Å²) in [4.78, 5) is 6.26. The van der Waals surface area contributed by atoms with Crippen LogP contribution in [0.5, 0.6) is 0 Å². The third-order valence-electron chi connectivity index (χ3n) is 2.73. The highest BCUT2D eigenvalue weighted by molar-refractivity contribution is 7.90. The molecular weight excluding hydrogens is 238 g/mol. The van der Waals surface area contributed by atoms with E-state index in [0.717, 1.165) is 6.42 Å². The molecule has 0 saturated carbocycles. The van der Waals surface area contributed by atoms with Gasteiger partial charge in [-0.2, -0.15) is 0 Å². The van der Waals surface area contributed by atoms with Gasteiger partial charge in [0, 0.05) is 25.5 Å². The molecule has 0 radical (unpaired) electrons. The second-order valence-electron chi connectivity index (χ2n) is 4.13. The van der Waals surface area contributed by atoms with E-state index in [4.69, 9.17) is 5.73 Å². The van der Waals surface area contributed by atoms with E-state index in [1.807, 2.05) is 18.9 Å². The first-order valence-electron chi connectivity index (χ1n) is 5.46. The first-order valence-corrected chi connectivity index (χ1v) is 7.35. The molecule has 1 aromatic heterocycles. The van der Waals surface area contributed by atoms with E-state index < -0.39 is 9.84 Å². The SMILES string of the molecule is CC(CCN)N(C)c1ncccc1S(C)(=O)=O. The van der Waals surface area contributed by atoms with Gasteiger partial charge in [0.15, 0.2) is 9.84 Å². The summed E-state index contributed by atoms with van der Waals surface area (Å²) in [6.45, 7) is 2.56. The Bertz CT molecular complexity index is 473. The largest absolute Gasteiger partial charge is 0.356 e. The highest BCUT2D eigenvalue weighted by Crippen LogP contribution is 2.23. The Hall–Kier alpha value is -1.14. The van der Waals surface area contributed by atoms with Crippen LogP contribution in [0, 0.1) is 0 Å². The van der Waals surface area contributed by atoms with Gasteiger partial charge in [-0.3, -0.25) is 0 Å². The topological polar surface area (TPSA) is 76.3 Å². The van der Waals surface area contributed by atoms with Gasteiger partial charge in [0.05, 0.1) is 0 Å². The first-order chi connectivity index (χ1) is 7.88. The van der Waals surface area contributed by atoms with Crippen LogP contribution in [0.25, 0.3) is 0 Å². The van der Waals surface area contributed by atoms with Crippen LogP contribution in [0.4, 0.5) is 5.82 Å². The highest BCUT2D eigenvalue weighted by Gasteiger charge is 2.19. The van der Waals surface area contributed by atoms with Crippen molar-refractivity contribution in [3.8, 4) is 0 Å². The van der Waals surface area contributed by atoms with E-state index in [9.17, 15) is 8.42 Å². The minimum absolute atomic E-state index is 0.149. The second kappa shape index (κ2) is 5.46. The summed E-state index contributed by atoms with van der Waals surface area (Å²) in [6.07, 6.45) is 3.57. The minimum Gasteiger partial charge on any atom is -0.356 e. The molecule has 0 amide bonds. The minimum atomic E-state index is -3.26. The summed E-state index contributed by atoms with van der Waals surface area (Å²) in [5, 5.41) is 0. The molecule has 0 aromatic carbocycles. The number of hydrogen-bond acceptors (Lipinski definition) is 5. The Morgan fingerprint density at radius 3 is 2.71 bits per heavy atom. The van der Waals surface area contributed by atoms with Crippen LogP contribution >= 0.6 is 0 Å². The van der Waals surface area contributed by atoms with Crippen LogP contribution in [0.2, 0.25) is 0 Å². The summed E-state index contributed by atoms with van der Waals surface area (Å²) in [6, 6.07) is 3.35. The van der Waals surface area contributed by atoms with Crippen molar-refractivity contribution in [2.75, 3.05) is 24.7 Å². The van der Waals surface area contributed by atoms with Crippen molar-refractivity contribution in [3.63, 3.8) is 0 Å². The molecule has 1 unspecified atom stereocenters. The molecular formula is C11H19N3O2S. The fraction of sp³-hybridized carbons (Fsp3) is 0.545. The van der Waals surface area contributed by atoms with Crippen LogP contribution in [-0.2, 0) is 9.84 Å². The average molecular weight is 257 g/mol. The van der Waals surface area contributed by atoms with Gasteiger partial charge in [-0.15, -0.1) is 0 Å². The number of sulfone groups is 1. The highest BCUT2D eigenvalue weighted by atomic mass is 32.2. The average Bonchev–Trinajstić information content (AvgIpc) is 2.27. The van der Waals surface area contributed by atoms with Gasteiger partial charge in [0.25, 0.3) is 0 Å². The number of aromatic nitrogens is 1. The number of nitrogens with two attached hydrogens (primary N) is 1. The molecule has 17 heavy (non-hydrogen) atoms. The molecule has 0 fully saturated rings. The predicted octanol–water partition coefficient (Wildman–Crippen LogP) is 0.659. The van der Waals surface area contributed by atoms with Crippen molar-refractivity contribution >= 4 is 15.7 Å². The molecule has 5 nitrogen and oxygen atoms in total. The lowest BCUT2D eigenvalue weighted by molar-refractivity contribution is 0.596. The number of anilines is 1. The second-order valence-corrected chi connectivity index (χ2v) is 6.12. The van der Waals surface area contributed by atoms with Crippen molar-refractivity contribution in [1.82, 2.24) is 4.98 Å². The van der Waals surface area contributed by atoms with Crippen molar-refractivity contribution in [1.29, 1.82) is 0 Å². The Kier molecular flexibility index (Phi) is 4.47. The van der Waals surface area contributed by atoms with E-state index in [1.165, 1.54) is 6.26 Å². The van der Waals surface area contributed by atoms with Crippen molar-refractivity contribution in [2.24, 2.45) is 5.73 Å². The zero-order chi connectivity index (χ0) is 13.1. The molecule has 1 heterocycles. The van der Waals surface area contributed by atoms with Crippen LogP contribution in [0.15, 0.2) is 23.2 Å². The zero-order valence-corrected chi connectivity index (χ0v) is 11.2. The number of nitrogens with zero attached hydrogens (tertiary/aromatic N) is 2. The molecule has 6 heteroatoms. The molecule has 0 aliphatic rings. The number of rotatable bonds is 5. The Morgan fingerprint density at radius 2 is 2.18 bits per heavy atom. The smallest absolute Gasteiger partial charge is 0.179 e. The lowest BCUT2D eigenvalue weighted by atomic mass is 10.2. The predicted molar refractivity (Wildman–Crippen MR) is 68.9 cm³/mol. The Balaban J connectivity index is 3.14. The lowest BCUT2D eigenvalue weighted by Crippen LogP contribution is -2.32. The molecule has 0 bridgehead atoms. The van der Waals surface area contributed by atoms with E-state index in [-0.39, 0.29) is 10.9 Å². The van der Waals surface area contributed by atoms with Gasteiger partial charge in [-0.1, -0.05) is 0 Å². The van der Waals surface area contributed by atoms with E-state index in [2.05, 4.69) is 4.98 Å². The maximum absolute atomic E-state index is 11.6. The van der Waals surface area contributed by atoms with Gasteiger partial charge >= 0.3 is 0 Å². The van der Waals surface area contributed by atoms with Gasteiger partial charge in [-0.25, -0.2) is 13.4 Å². The normalized spacial score (nSPS) is 13.4. The quantitative estimate of drug-likeness (QED) is 0.838. The zero-order valence-electron chi connectivity index (χ0n) is 10.4. The molecule has 0 aliphatic heterocycles. The molecule has 0 aliphatic carbocycles. The molecule has 0 saturated heterocycles. The maximum atomic E-state index is 11.6. The fourth-order valence-corrected chi connectivity index (χ4v) is 2.43. The molecule has 96 valence electrons. The van der Waals surface area contributed by atoms with Crippen molar-refractivity contribution < 1.29 is 8.42 Å². The maximum Gasteiger partial charge on any atom is 0.179 e. The molecule has 1 rings (SSSR count). The third-order valence-corrected chi connectivity index (χ3v) is 3.85. The molecule has 2 N–H and O–H groups in total. The summed E-state index contributed by atoms with van der Waals surface area (Å²) in [5.74, 6) is 0.482. The monoisotopic (exact) mass is 257 g/mol. The third kappa shape index (κ3) is 3.41. The van der Waals surface area contributed by atoms with Crippen LogP contribution in [0.3, 0.4) is 0 Å². The van der Waals surface area contributed by atoms with Gasteiger partial charge < -0.3 is 10.6 Å². The van der Waals surface area contributed by atoms with E-state index >= 15 is 0 Å². The summed E-state index contributed by atoms with van der Waals surface area (Å²) in [7, 11) is -1.43. The lowest BCUT2D eigenvalue weighted by Gasteiger charge is -2.26. The molecule has 1 atom stereocenters. The Labute approximate surface area is 103 Å². The van der Waals surface area contributed by atoms with Gasteiger partial charge in [-0.05, 0) is 32.0 Å². The van der Waals surface area contributed by atoms with Crippen molar-refractivity contribution in [3.05, 3.63) is 18.3 Å². The summed E-state index contributed by atoms with van der Waals surface area (Å²) < 4.78 is 23.3. The fourth-order valence-electron chi connectivity index (χ4n) is 1.58. The van der Waals surface area contributed by atoms with Crippen LogP contribution in [0.1, 0.15) is 13.3 Å². The van der Waals surface area contributed by atoms with E-state index in [1.54, 1.807) is 18.3 Å². The summed E-state index contributed by atoms with van der Waals surface area (Å²) in [5.41, 5.74) is 5.50. The Morgan fingerprint density at radius 1 is 1.53 bits per heavy atom. The van der Waals surface area contributed by atoms with Crippen LogP contribution < -0.4 is 10.6 Å². The van der Waals surface area contributed by atoms with Gasteiger partial charge in [0.1, 0.15) is 10.7 Å². The molecule has 0 spiro atoms. The van der Waals surface area contributed by atoms with Crippen LogP contribution in [-0.4, -0.2) is 39.3 Å². The standard InChI is InChI=1S/C11H19N3O2S/c1-9(6-7-12)14(2)11-10(17(3,15)16)5-4-8-13-11/h4-5,8-9H,6-7,12H2,1-3H3. The number of hydrogen-bond donors (Lipinski definition) is 1. The number of pyridine rings is 1. The molecule has 1 aromatic rings. The van der Waals surface area contributed by atoms with E-state index in [0.29, 0.717) is 12.4 Å². The van der Waals surface area contributed by atoms with Crippen molar-refractivity contribution in [2.45, 2.75) is 24.3 Å². The summed E-state index contributed by atoms with van der Waals surface area (Å²) >= 11 is 0. The van der Waals surface area contributed by atoms with Gasteiger partial charge in [0.2, 0.25) is 0 Å². The first kappa shape index (κ1) is 13.9.